The highest BCUT2D eigenvalue weighted by Crippen LogP contribution is 2.28. The van der Waals surface area contributed by atoms with Crippen LogP contribution < -0.4 is 16.2 Å². The Bertz CT molecular complexity index is 971. The molecule has 0 bridgehead atoms. The Morgan fingerprint density at radius 1 is 1.21 bits per heavy atom. The van der Waals surface area contributed by atoms with Crippen molar-refractivity contribution in [3.05, 3.63) is 63.1 Å². The number of alkyl halides is 2. The zero-order valence-corrected chi connectivity index (χ0v) is 19.2. The van der Waals surface area contributed by atoms with E-state index in [9.17, 15) is 13.6 Å². The first-order valence-electron chi connectivity index (χ1n) is 10.9. The van der Waals surface area contributed by atoms with Gasteiger partial charge in [0.25, 0.3) is 5.56 Å². The van der Waals surface area contributed by atoms with E-state index >= 15 is 0 Å². The first-order chi connectivity index (χ1) is 15.9. The van der Waals surface area contributed by atoms with Crippen LogP contribution in [0.15, 0.2) is 35.1 Å². The fraction of sp³-hybridized carbons (Fsp3) is 0.500. The molecule has 1 atom stereocenters. The number of aromatic nitrogens is 2. The van der Waals surface area contributed by atoms with Crippen LogP contribution in [0.2, 0.25) is 0 Å². The Kier molecular flexibility index (Phi) is 10.1. The van der Waals surface area contributed by atoms with E-state index in [1.54, 1.807) is 0 Å². The van der Waals surface area contributed by atoms with Crippen molar-refractivity contribution in [1.29, 1.82) is 0 Å². The summed E-state index contributed by atoms with van der Waals surface area (Å²) in [6, 6.07) is 9.04. The number of rotatable bonds is 6. The summed E-state index contributed by atoms with van der Waals surface area (Å²) in [7, 11) is 2.37. The minimum absolute atomic E-state index is 0.361. The number of piperidine rings is 1. The lowest BCUT2D eigenvalue weighted by Gasteiger charge is -2.31. The van der Waals surface area contributed by atoms with E-state index in [1.165, 1.54) is 31.0 Å². The van der Waals surface area contributed by atoms with Crippen LogP contribution >= 0.6 is 0 Å². The molecule has 7 nitrogen and oxygen atoms in total. The molecule has 180 valence electrons. The van der Waals surface area contributed by atoms with E-state index in [2.05, 4.69) is 45.6 Å². The van der Waals surface area contributed by atoms with Crippen molar-refractivity contribution >= 4 is 0 Å². The third-order valence-electron chi connectivity index (χ3n) is 5.82. The molecule has 3 N–H and O–H groups in total. The number of fused-ring (bicyclic) bond motifs is 1. The van der Waals surface area contributed by atoms with Crippen molar-refractivity contribution in [2.45, 2.75) is 44.4 Å². The summed E-state index contributed by atoms with van der Waals surface area (Å²) in [5, 5.41) is 17.0. The van der Waals surface area contributed by atoms with E-state index in [4.69, 9.17) is 5.11 Å². The Morgan fingerprint density at radius 3 is 2.61 bits per heavy atom. The lowest BCUT2D eigenvalue weighted by Crippen LogP contribution is -2.43. The van der Waals surface area contributed by atoms with Gasteiger partial charge in [-0.25, -0.2) is 4.68 Å². The summed E-state index contributed by atoms with van der Waals surface area (Å²) in [4.78, 5) is 13.9. The maximum absolute atomic E-state index is 14.4. The monoisotopic (exact) mass is 461 g/mol. The number of aliphatic hydroxyl groups excluding tert-OH is 1. The van der Waals surface area contributed by atoms with Crippen molar-refractivity contribution in [2.24, 2.45) is 7.05 Å². The van der Waals surface area contributed by atoms with Gasteiger partial charge < -0.3 is 15.7 Å². The predicted molar refractivity (Wildman–Crippen MR) is 125 cm³/mol. The van der Waals surface area contributed by atoms with Crippen LogP contribution in [-0.4, -0.2) is 52.6 Å². The summed E-state index contributed by atoms with van der Waals surface area (Å²) < 4.78 is 29.7. The molecular weight excluding hydrogens is 428 g/mol. The first-order valence-corrected chi connectivity index (χ1v) is 10.9. The minimum Gasteiger partial charge on any atom is -0.400 e. The van der Waals surface area contributed by atoms with Crippen molar-refractivity contribution in [2.75, 3.05) is 26.7 Å². The number of aryl methyl sites for hydroxylation is 1. The van der Waals surface area contributed by atoms with Gasteiger partial charge in [-0.3, -0.25) is 9.69 Å². The second-order valence-electron chi connectivity index (χ2n) is 8.00. The Labute approximate surface area is 193 Å². The van der Waals surface area contributed by atoms with Crippen LogP contribution in [0.1, 0.15) is 35.2 Å². The molecule has 0 radical (unpaired) electrons. The van der Waals surface area contributed by atoms with Gasteiger partial charge in [-0.15, -0.1) is 12.8 Å². The maximum atomic E-state index is 14.4. The zero-order chi connectivity index (χ0) is 24.4. The normalized spacial score (nSPS) is 17.8. The van der Waals surface area contributed by atoms with E-state index in [0.717, 1.165) is 55.7 Å². The number of nitrogens with zero attached hydrogens (tertiary/aromatic N) is 3. The van der Waals surface area contributed by atoms with Gasteiger partial charge in [-0.1, -0.05) is 18.2 Å². The van der Waals surface area contributed by atoms with Gasteiger partial charge in [0.05, 0.1) is 6.54 Å². The number of benzene rings is 1. The highest BCUT2D eigenvalue weighted by molar-refractivity contribution is 5.35. The second-order valence-corrected chi connectivity index (χ2v) is 8.00. The van der Waals surface area contributed by atoms with Crippen molar-refractivity contribution in [3.8, 4) is 12.8 Å². The maximum Gasteiger partial charge on any atom is 0.303 e. The summed E-state index contributed by atoms with van der Waals surface area (Å²) in [6.07, 6.45) is 10.4. The molecule has 1 aromatic heterocycles. The standard InChI is InChI=1S/C21H27F2N5O.C2H2.CH4O/c1-27-20(29)7-6-19(26-27)21(22,23)14-25-10-15-4-5-16-12-28(13-17(16)9-15)18-3-2-8-24-11-18;2*1-2/h4-7,9,18,24-25H,2-3,8,10-14H2,1H3;1-2H;2H,1H3. The van der Waals surface area contributed by atoms with Crippen LogP contribution in [0.4, 0.5) is 8.78 Å². The van der Waals surface area contributed by atoms with Gasteiger partial charge in [0.15, 0.2) is 0 Å². The zero-order valence-electron chi connectivity index (χ0n) is 19.2. The van der Waals surface area contributed by atoms with Gasteiger partial charge in [0.2, 0.25) is 0 Å². The van der Waals surface area contributed by atoms with E-state index in [0.29, 0.717) is 12.6 Å². The highest BCUT2D eigenvalue weighted by Gasteiger charge is 2.33. The molecule has 9 heteroatoms. The van der Waals surface area contributed by atoms with Crippen LogP contribution in [0, 0.1) is 12.8 Å². The molecule has 3 heterocycles. The van der Waals surface area contributed by atoms with Crippen LogP contribution in [0.3, 0.4) is 0 Å². The van der Waals surface area contributed by atoms with Crippen molar-refractivity contribution in [3.63, 3.8) is 0 Å². The third kappa shape index (κ3) is 6.92. The van der Waals surface area contributed by atoms with Crippen molar-refractivity contribution < 1.29 is 13.9 Å². The molecule has 2 aromatic rings. The quantitative estimate of drug-likeness (QED) is 0.567. The number of terminal acetylenes is 1. The average molecular weight is 462 g/mol. The Hall–Kier alpha value is -2.64. The van der Waals surface area contributed by atoms with Gasteiger partial charge in [0.1, 0.15) is 5.69 Å². The molecule has 33 heavy (non-hydrogen) atoms. The molecule has 1 unspecified atom stereocenters. The number of hydrogen-bond donors (Lipinski definition) is 3. The van der Waals surface area contributed by atoms with Gasteiger partial charge in [-0.2, -0.15) is 13.9 Å². The minimum atomic E-state index is -3.15. The SMILES string of the molecule is C#C.CO.Cn1nc(C(F)(F)CNCc2ccc3c(c2)CN(C2CCCNC2)C3)ccc1=O. The van der Waals surface area contributed by atoms with Crippen LogP contribution in [0.5, 0.6) is 0 Å². The topological polar surface area (TPSA) is 82.4 Å². The number of nitrogens with one attached hydrogen (secondary N) is 2. The molecule has 0 spiro atoms. The molecule has 0 amide bonds. The number of aliphatic hydroxyl groups is 1. The van der Waals surface area contributed by atoms with E-state index < -0.39 is 23.7 Å². The average Bonchev–Trinajstić information content (AvgIpc) is 3.27. The first kappa shape index (κ1) is 26.6. The smallest absolute Gasteiger partial charge is 0.303 e. The second kappa shape index (κ2) is 12.6. The molecule has 1 fully saturated rings. The molecule has 0 saturated carbocycles. The summed E-state index contributed by atoms with van der Waals surface area (Å²) in [5.74, 6) is -3.15. The van der Waals surface area contributed by atoms with Gasteiger partial charge in [0, 0.05) is 52.4 Å². The van der Waals surface area contributed by atoms with E-state index in [1.807, 2.05) is 6.07 Å². The highest BCUT2D eigenvalue weighted by atomic mass is 19.3. The fourth-order valence-corrected chi connectivity index (χ4v) is 4.14. The fourth-order valence-electron chi connectivity index (χ4n) is 4.14. The van der Waals surface area contributed by atoms with Crippen LogP contribution in [-0.2, 0) is 32.6 Å². The number of hydrogen-bond acceptors (Lipinski definition) is 6. The Balaban J connectivity index is 0.000000914. The third-order valence-corrected chi connectivity index (χ3v) is 5.82. The molecule has 4 rings (SSSR count). The Morgan fingerprint density at radius 2 is 1.94 bits per heavy atom. The van der Waals surface area contributed by atoms with Crippen LogP contribution in [0.25, 0.3) is 0 Å². The predicted octanol–water partition coefficient (Wildman–Crippen LogP) is 1.59. The number of halogens is 2. The summed E-state index contributed by atoms with van der Waals surface area (Å²) >= 11 is 0. The molecule has 2 aliphatic heterocycles. The molecule has 2 aliphatic rings. The molecule has 1 aromatic carbocycles. The molecular formula is C24H33F2N5O2. The lowest BCUT2D eigenvalue weighted by molar-refractivity contribution is -0.00956. The van der Waals surface area contributed by atoms with Crippen molar-refractivity contribution in [1.82, 2.24) is 25.3 Å². The van der Waals surface area contributed by atoms with Gasteiger partial charge in [-0.05, 0) is 42.1 Å². The summed E-state index contributed by atoms with van der Waals surface area (Å²) in [6.45, 7) is 3.86. The lowest BCUT2D eigenvalue weighted by atomic mass is 10.1. The van der Waals surface area contributed by atoms with Gasteiger partial charge >= 0.3 is 5.92 Å². The summed E-state index contributed by atoms with van der Waals surface area (Å²) in [5.41, 5.74) is 2.81. The largest absolute Gasteiger partial charge is 0.400 e. The van der Waals surface area contributed by atoms with E-state index in [-0.39, 0.29) is 0 Å². The molecule has 1 saturated heterocycles. The molecule has 0 aliphatic carbocycles.